The number of nitrogens with zero attached hydrogens (tertiary/aromatic N) is 3. The number of amides is 4. The van der Waals surface area contributed by atoms with Gasteiger partial charge in [0.25, 0.3) is 17.5 Å². The first-order valence-corrected chi connectivity index (χ1v) is 17.6. The van der Waals surface area contributed by atoms with Crippen LogP contribution in [0.5, 0.6) is 17.2 Å². The van der Waals surface area contributed by atoms with Gasteiger partial charge in [-0.3, -0.25) is 39.6 Å². The van der Waals surface area contributed by atoms with Gasteiger partial charge in [0, 0.05) is 18.1 Å². The summed E-state index contributed by atoms with van der Waals surface area (Å²) in [5, 5.41) is 23.4. The number of non-ortho nitro benzene ring substituents is 1. The second-order valence-electron chi connectivity index (χ2n) is 14.2. The monoisotopic (exact) mass is 728 g/mol. The smallest absolute Gasteiger partial charge is 0.269 e. The third-order valence-corrected chi connectivity index (χ3v) is 11.5. The lowest BCUT2D eigenvalue weighted by atomic mass is 9.49. The van der Waals surface area contributed by atoms with Crippen molar-refractivity contribution in [2.24, 2.45) is 23.7 Å². The minimum Gasteiger partial charge on any atom is -0.502 e. The summed E-state index contributed by atoms with van der Waals surface area (Å²) >= 11 is 0. The number of anilines is 2. The highest BCUT2D eigenvalue weighted by atomic mass is 16.6. The molecular formula is C41H36N4O9. The Morgan fingerprint density at radius 3 is 2.11 bits per heavy atom. The van der Waals surface area contributed by atoms with Gasteiger partial charge >= 0.3 is 0 Å². The fourth-order valence-electron chi connectivity index (χ4n) is 9.18. The molecule has 4 aromatic rings. The van der Waals surface area contributed by atoms with Crippen molar-refractivity contribution < 1.29 is 38.7 Å². The number of phenolic OH excluding ortho intramolecular Hbond substituents is 1. The first-order valence-electron chi connectivity index (χ1n) is 17.6. The maximum atomic E-state index is 15.4. The van der Waals surface area contributed by atoms with Crippen molar-refractivity contribution in [1.82, 2.24) is 5.01 Å². The Morgan fingerprint density at radius 1 is 0.852 bits per heavy atom. The van der Waals surface area contributed by atoms with E-state index in [4.69, 9.17) is 9.47 Å². The van der Waals surface area contributed by atoms with E-state index >= 15 is 4.79 Å². The zero-order valence-electron chi connectivity index (χ0n) is 29.6. The number of allylic oxidation sites excluding steroid dienone is 2. The topological polar surface area (TPSA) is 169 Å². The molecule has 0 bridgehead atoms. The van der Waals surface area contributed by atoms with Gasteiger partial charge in [-0.2, -0.15) is 5.01 Å². The summed E-state index contributed by atoms with van der Waals surface area (Å²) in [4.78, 5) is 70.7. The minimum atomic E-state index is -1.54. The van der Waals surface area contributed by atoms with E-state index in [2.05, 4.69) is 5.43 Å². The number of nitrogens with one attached hydrogen (secondary N) is 1. The number of hydrogen-bond donors (Lipinski definition) is 2. The average molecular weight is 729 g/mol. The molecule has 1 saturated carbocycles. The molecule has 2 aliphatic heterocycles. The Labute approximate surface area is 309 Å². The average Bonchev–Trinajstić information content (AvgIpc) is 3.56. The van der Waals surface area contributed by atoms with Crippen LogP contribution in [0.4, 0.5) is 17.1 Å². The fraction of sp³-hybridized carbons (Fsp3) is 0.268. The van der Waals surface area contributed by atoms with Crippen molar-refractivity contribution in [1.29, 1.82) is 0 Å². The Bertz CT molecular complexity index is 2230. The molecule has 2 aliphatic carbocycles. The predicted octanol–water partition coefficient (Wildman–Crippen LogP) is 5.82. The van der Waals surface area contributed by atoms with Crippen molar-refractivity contribution in [3.05, 3.63) is 129 Å². The van der Waals surface area contributed by atoms with Gasteiger partial charge < -0.3 is 14.6 Å². The van der Waals surface area contributed by atoms with Crippen molar-refractivity contribution in [2.75, 3.05) is 24.5 Å². The molecule has 2 saturated heterocycles. The first-order chi connectivity index (χ1) is 26.0. The van der Waals surface area contributed by atoms with E-state index in [0.29, 0.717) is 22.4 Å². The van der Waals surface area contributed by atoms with E-state index in [-0.39, 0.29) is 41.5 Å². The van der Waals surface area contributed by atoms with Crippen LogP contribution < -0.4 is 19.8 Å². The lowest BCUT2D eigenvalue weighted by molar-refractivity contribution is -0.384. The van der Waals surface area contributed by atoms with E-state index in [1.807, 2.05) is 55.5 Å². The SMILES string of the molecule is COc1cc([C@H]2C3=CC[C@@H]4C(=O)N(c5ccc([N+](=O)[O-])cc5)C(=O)[C@@H]4[C@@H]3C[C@H]3C(=O)N(Nc4ccc(C)cc4)C(=O)[C@@]23c2ccccc2)cc(OC)c1O. The highest BCUT2D eigenvalue weighted by molar-refractivity contribution is 6.22. The van der Waals surface area contributed by atoms with Crippen LogP contribution >= 0.6 is 0 Å². The summed E-state index contributed by atoms with van der Waals surface area (Å²) < 4.78 is 11.2. The molecule has 13 heteroatoms. The van der Waals surface area contributed by atoms with Crippen molar-refractivity contribution >= 4 is 40.7 Å². The number of fused-ring (bicyclic) bond motifs is 4. The van der Waals surface area contributed by atoms with Gasteiger partial charge in [0.1, 0.15) is 0 Å². The first kappa shape index (κ1) is 34.6. The number of carbonyl (C=O) groups excluding carboxylic acids is 4. The molecule has 0 radical (unpaired) electrons. The second-order valence-corrected chi connectivity index (χ2v) is 14.2. The Morgan fingerprint density at radius 2 is 1.50 bits per heavy atom. The highest BCUT2D eigenvalue weighted by Crippen LogP contribution is 2.65. The van der Waals surface area contributed by atoms with Gasteiger partial charge in [-0.15, -0.1) is 0 Å². The summed E-state index contributed by atoms with van der Waals surface area (Å²) in [6, 6.07) is 24.9. The quantitative estimate of drug-likeness (QED) is 0.0977. The molecule has 0 spiro atoms. The van der Waals surface area contributed by atoms with Crippen LogP contribution in [-0.4, -0.2) is 52.9 Å². The fourth-order valence-corrected chi connectivity index (χ4v) is 9.18. The van der Waals surface area contributed by atoms with E-state index in [0.717, 1.165) is 15.5 Å². The molecule has 0 aromatic heterocycles. The number of nitro benzene ring substituents is 1. The predicted molar refractivity (Wildman–Crippen MR) is 196 cm³/mol. The number of imide groups is 2. The number of aryl methyl sites for hydroxylation is 1. The number of nitro groups is 1. The molecule has 54 heavy (non-hydrogen) atoms. The van der Waals surface area contributed by atoms with E-state index in [9.17, 15) is 29.6 Å². The third kappa shape index (κ3) is 4.98. The zero-order valence-corrected chi connectivity index (χ0v) is 29.6. The molecule has 4 aliphatic rings. The van der Waals surface area contributed by atoms with E-state index in [1.54, 1.807) is 24.3 Å². The number of benzene rings is 4. The number of hydrogen-bond acceptors (Lipinski definition) is 10. The zero-order chi connectivity index (χ0) is 38.1. The molecule has 2 N–H and O–H groups in total. The van der Waals surface area contributed by atoms with Crippen molar-refractivity contribution in [3.63, 3.8) is 0 Å². The van der Waals surface area contributed by atoms with Crippen LogP contribution in [0, 0.1) is 40.7 Å². The minimum absolute atomic E-state index is 0.0779. The summed E-state index contributed by atoms with van der Waals surface area (Å²) in [5.74, 6) is -6.15. The number of phenols is 1. The number of aromatic hydroxyl groups is 1. The highest BCUT2D eigenvalue weighted by Gasteiger charge is 2.70. The maximum Gasteiger partial charge on any atom is 0.269 e. The van der Waals surface area contributed by atoms with Gasteiger partial charge in [0.05, 0.1) is 53.7 Å². The van der Waals surface area contributed by atoms with E-state index in [1.165, 1.54) is 38.5 Å². The molecule has 8 rings (SSSR count). The van der Waals surface area contributed by atoms with Crippen LogP contribution in [-0.2, 0) is 24.6 Å². The van der Waals surface area contributed by atoms with Gasteiger partial charge in [0.2, 0.25) is 17.6 Å². The Kier molecular flexibility index (Phi) is 8.24. The lowest BCUT2D eigenvalue weighted by Crippen LogP contribution is -2.53. The third-order valence-electron chi connectivity index (χ3n) is 11.5. The molecule has 0 unspecified atom stereocenters. The molecule has 6 atom stereocenters. The summed E-state index contributed by atoms with van der Waals surface area (Å²) in [6.45, 7) is 1.93. The standard InChI is InChI=1S/C41H36N4O9/c1-22-9-11-25(12-10-22)42-44-38(48)31-21-30-28(17-18-29-34(30)39(49)43(37(29)47)26-13-15-27(16-14-26)45(51)52)35(23-19-32(53-2)36(46)33(20-23)54-3)41(31,40(44)50)24-7-5-4-6-8-24/h4-17,19-20,29-31,34-35,42,46H,18,21H2,1-3H3/t29-,30+,31-,34-,35-,41+/m0/s1. The van der Waals surface area contributed by atoms with Crippen LogP contribution in [0.3, 0.4) is 0 Å². The van der Waals surface area contributed by atoms with Crippen LogP contribution in [0.1, 0.15) is 35.4 Å². The summed E-state index contributed by atoms with van der Waals surface area (Å²) in [5.41, 5.74) is 4.89. The number of carbonyl (C=O) groups is 4. The van der Waals surface area contributed by atoms with Gasteiger partial charge in [0.15, 0.2) is 11.5 Å². The lowest BCUT2D eigenvalue weighted by Gasteiger charge is -2.50. The normalized spacial score (nSPS) is 25.8. The number of methoxy groups -OCH3 is 2. The second kappa shape index (κ2) is 12.9. The molecule has 4 aromatic carbocycles. The molecular weight excluding hydrogens is 692 g/mol. The maximum absolute atomic E-state index is 15.4. The molecule has 13 nitrogen and oxygen atoms in total. The largest absolute Gasteiger partial charge is 0.502 e. The van der Waals surface area contributed by atoms with Crippen LogP contribution in [0.25, 0.3) is 0 Å². The van der Waals surface area contributed by atoms with Gasteiger partial charge in [-0.05, 0) is 73.2 Å². The number of rotatable bonds is 8. The van der Waals surface area contributed by atoms with Gasteiger partial charge in [-0.1, -0.05) is 59.7 Å². The van der Waals surface area contributed by atoms with Gasteiger partial charge in [-0.25, -0.2) is 0 Å². The van der Waals surface area contributed by atoms with Crippen LogP contribution in [0.15, 0.2) is 103 Å². The van der Waals surface area contributed by atoms with E-state index < -0.39 is 63.6 Å². The molecule has 3 fully saturated rings. The summed E-state index contributed by atoms with van der Waals surface area (Å²) in [6.07, 6.45) is 2.17. The Hall–Kier alpha value is -6.50. The molecule has 2 heterocycles. The summed E-state index contributed by atoms with van der Waals surface area (Å²) in [7, 11) is 2.80. The Balaban J connectivity index is 1.33. The number of ether oxygens (including phenoxy) is 2. The molecule has 274 valence electrons. The molecule has 4 amide bonds. The number of hydrazine groups is 1. The van der Waals surface area contributed by atoms with Crippen LogP contribution in [0.2, 0.25) is 0 Å². The van der Waals surface area contributed by atoms with Crippen molar-refractivity contribution in [2.45, 2.75) is 31.1 Å². The van der Waals surface area contributed by atoms with Crippen molar-refractivity contribution in [3.8, 4) is 17.2 Å².